The van der Waals surface area contributed by atoms with Crippen LogP contribution in [0.5, 0.6) is 0 Å². The number of nitrogens with zero attached hydrogens (tertiary/aromatic N) is 3. The van der Waals surface area contributed by atoms with Crippen molar-refractivity contribution in [3.63, 3.8) is 0 Å². The fraction of sp³-hybridized carbons (Fsp3) is 0.615. The average molecular weight is 280 g/mol. The van der Waals surface area contributed by atoms with Crippen LogP contribution in [0.4, 0.5) is 5.69 Å². The zero-order valence-electron chi connectivity index (χ0n) is 11.8. The monoisotopic (exact) mass is 280 g/mol. The van der Waals surface area contributed by atoms with Crippen LogP contribution in [0.25, 0.3) is 0 Å². The van der Waals surface area contributed by atoms with Gasteiger partial charge in [-0.3, -0.25) is 14.9 Å². The molecule has 2 N–H and O–H groups in total. The number of amides is 1. The summed E-state index contributed by atoms with van der Waals surface area (Å²) in [6, 6.07) is 1.31. The fourth-order valence-electron chi connectivity index (χ4n) is 2.48. The van der Waals surface area contributed by atoms with Crippen LogP contribution in [0.3, 0.4) is 0 Å². The van der Waals surface area contributed by atoms with Crippen molar-refractivity contribution < 1.29 is 9.72 Å². The van der Waals surface area contributed by atoms with Gasteiger partial charge in [0.25, 0.3) is 11.6 Å². The quantitative estimate of drug-likeness (QED) is 0.665. The highest BCUT2D eigenvalue weighted by Crippen LogP contribution is 2.21. The highest BCUT2D eigenvalue weighted by Gasteiger charge is 2.29. The summed E-state index contributed by atoms with van der Waals surface area (Å²) < 4.78 is 1.62. The maximum Gasteiger partial charge on any atom is 0.287 e. The van der Waals surface area contributed by atoms with Crippen molar-refractivity contribution >= 4 is 11.6 Å². The number of aromatic nitrogens is 1. The molecule has 1 amide bonds. The first-order valence-corrected chi connectivity index (χ1v) is 6.83. The Morgan fingerprint density at radius 3 is 2.85 bits per heavy atom. The molecule has 1 aliphatic rings. The van der Waals surface area contributed by atoms with Gasteiger partial charge in [-0.2, -0.15) is 0 Å². The molecule has 20 heavy (non-hydrogen) atoms. The molecule has 0 aliphatic carbocycles. The van der Waals surface area contributed by atoms with Gasteiger partial charge in [0.05, 0.1) is 11.1 Å². The smallest absolute Gasteiger partial charge is 0.287 e. The maximum atomic E-state index is 12.5. The van der Waals surface area contributed by atoms with Gasteiger partial charge in [0.2, 0.25) is 0 Å². The van der Waals surface area contributed by atoms with Crippen LogP contribution < -0.4 is 5.73 Å². The number of hydrogen-bond acceptors (Lipinski definition) is 4. The average Bonchev–Trinajstić information content (AvgIpc) is 2.85. The molecule has 110 valence electrons. The molecule has 0 bridgehead atoms. The number of rotatable bonds is 3. The Morgan fingerprint density at radius 1 is 1.60 bits per heavy atom. The highest BCUT2D eigenvalue weighted by molar-refractivity contribution is 5.93. The standard InChI is InChI=1S/C13H20N4O3/c1-3-15-7-10(17(19)20)6-12(15)13(18)16-5-4-9(2)11(14)8-16/h6-7,9,11H,3-5,8,14H2,1-2H3. The second kappa shape index (κ2) is 5.62. The van der Waals surface area contributed by atoms with Gasteiger partial charge >= 0.3 is 0 Å². The second-order valence-electron chi connectivity index (χ2n) is 5.31. The SMILES string of the molecule is CCn1cc([N+](=O)[O-])cc1C(=O)N1CCC(C)C(N)C1. The van der Waals surface area contributed by atoms with Crippen LogP contribution in [-0.4, -0.2) is 39.4 Å². The molecule has 7 heteroatoms. The van der Waals surface area contributed by atoms with Gasteiger partial charge in [0.15, 0.2) is 0 Å². The molecule has 2 atom stereocenters. The normalized spacial score (nSPS) is 22.9. The maximum absolute atomic E-state index is 12.5. The van der Waals surface area contributed by atoms with Gasteiger partial charge in [0, 0.05) is 31.7 Å². The van der Waals surface area contributed by atoms with Crippen LogP contribution in [0.15, 0.2) is 12.3 Å². The Hall–Kier alpha value is -1.89. The largest absolute Gasteiger partial charge is 0.337 e. The topological polar surface area (TPSA) is 94.4 Å². The lowest BCUT2D eigenvalue weighted by atomic mass is 9.94. The fourth-order valence-corrected chi connectivity index (χ4v) is 2.48. The third-order valence-electron chi connectivity index (χ3n) is 3.96. The molecule has 0 spiro atoms. The Balaban J connectivity index is 2.22. The molecule has 1 fully saturated rings. The van der Waals surface area contributed by atoms with E-state index >= 15 is 0 Å². The molecule has 0 aromatic carbocycles. The Kier molecular flexibility index (Phi) is 4.08. The Bertz CT molecular complexity index is 526. The summed E-state index contributed by atoms with van der Waals surface area (Å²) in [5.41, 5.74) is 6.31. The number of nitro groups is 1. The van der Waals surface area contributed by atoms with Gasteiger partial charge in [-0.25, -0.2) is 0 Å². The van der Waals surface area contributed by atoms with Crippen molar-refractivity contribution in [2.75, 3.05) is 13.1 Å². The summed E-state index contributed by atoms with van der Waals surface area (Å²) in [5, 5.41) is 10.8. The van der Waals surface area contributed by atoms with Crippen molar-refractivity contribution in [1.29, 1.82) is 0 Å². The number of nitrogens with two attached hydrogens (primary N) is 1. The minimum absolute atomic E-state index is 0.0345. The van der Waals surface area contributed by atoms with Crippen LogP contribution >= 0.6 is 0 Å². The first-order valence-electron chi connectivity index (χ1n) is 6.83. The van der Waals surface area contributed by atoms with Gasteiger partial charge in [-0.15, -0.1) is 0 Å². The van der Waals surface area contributed by atoms with E-state index in [0.29, 0.717) is 31.2 Å². The summed E-state index contributed by atoms with van der Waals surface area (Å²) >= 11 is 0. The van der Waals surface area contributed by atoms with E-state index in [9.17, 15) is 14.9 Å². The van der Waals surface area contributed by atoms with E-state index in [1.807, 2.05) is 6.92 Å². The van der Waals surface area contributed by atoms with E-state index in [2.05, 4.69) is 6.92 Å². The van der Waals surface area contributed by atoms with Crippen LogP contribution in [0.2, 0.25) is 0 Å². The predicted molar refractivity (Wildman–Crippen MR) is 74.4 cm³/mol. The molecule has 2 unspecified atom stereocenters. The van der Waals surface area contributed by atoms with Crippen molar-refractivity contribution in [3.05, 3.63) is 28.1 Å². The van der Waals surface area contributed by atoms with Gasteiger partial charge in [0.1, 0.15) is 5.69 Å². The highest BCUT2D eigenvalue weighted by atomic mass is 16.6. The molecular weight excluding hydrogens is 260 g/mol. The molecule has 0 radical (unpaired) electrons. The van der Waals surface area contributed by atoms with Crippen molar-refractivity contribution in [1.82, 2.24) is 9.47 Å². The van der Waals surface area contributed by atoms with Crippen LogP contribution in [-0.2, 0) is 6.54 Å². The van der Waals surface area contributed by atoms with Crippen molar-refractivity contribution in [2.24, 2.45) is 11.7 Å². The summed E-state index contributed by atoms with van der Waals surface area (Å²) in [6.07, 6.45) is 2.27. The summed E-state index contributed by atoms with van der Waals surface area (Å²) in [5.74, 6) is 0.216. The molecule has 0 saturated carbocycles. The minimum atomic E-state index is -0.479. The molecule has 2 rings (SSSR count). The minimum Gasteiger partial charge on any atom is -0.337 e. The lowest BCUT2D eigenvalue weighted by molar-refractivity contribution is -0.384. The number of likely N-dealkylation sites (tertiary alicyclic amines) is 1. The van der Waals surface area contributed by atoms with E-state index in [1.165, 1.54) is 12.3 Å². The molecule has 1 aromatic rings. The third-order valence-corrected chi connectivity index (χ3v) is 3.96. The molecule has 1 saturated heterocycles. The van der Waals surface area contributed by atoms with Crippen LogP contribution in [0, 0.1) is 16.0 Å². The first-order chi connectivity index (χ1) is 9.43. The summed E-state index contributed by atoms with van der Waals surface area (Å²) in [4.78, 5) is 24.5. The molecule has 7 nitrogen and oxygen atoms in total. The lowest BCUT2D eigenvalue weighted by Crippen LogP contribution is -2.50. The van der Waals surface area contributed by atoms with Gasteiger partial charge in [-0.05, 0) is 19.3 Å². The van der Waals surface area contributed by atoms with Crippen molar-refractivity contribution in [3.8, 4) is 0 Å². The van der Waals surface area contributed by atoms with Gasteiger partial charge in [-0.1, -0.05) is 6.92 Å². The lowest BCUT2D eigenvalue weighted by Gasteiger charge is -2.35. The van der Waals surface area contributed by atoms with Crippen LogP contribution in [0.1, 0.15) is 30.8 Å². The van der Waals surface area contributed by atoms with Crippen molar-refractivity contribution in [2.45, 2.75) is 32.9 Å². The number of carbonyl (C=O) groups is 1. The predicted octanol–water partition coefficient (Wildman–Crippen LogP) is 1.23. The zero-order chi connectivity index (χ0) is 14.9. The van der Waals surface area contributed by atoms with Gasteiger partial charge < -0.3 is 15.2 Å². The number of carbonyl (C=O) groups excluding carboxylic acids is 1. The van der Waals surface area contributed by atoms with E-state index < -0.39 is 4.92 Å². The van der Waals surface area contributed by atoms with E-state index in [4.69, 9.17) is 5.73 Å². The Morgan fingerprint density at radius 2 is 2.30 bits per heavy atom. The molecule has 2 heterocycles. The first kappa shape index (κ1) is 14.5. The van der Waals surface area contributed by atoms with E-state index in [0.717, 1.165) is 6.42 Å². The Labute approximate surface area is 117 Å². The number of piperidine rings is 1. The third kappa shape index (κ3) is 2.67. The van der Waals surface area contributed by atoms with E-state index in [1.54, 1.807) is 9.47 Å². The second-order valence-corrected chi connectivity index (χ2v) is 5.31. The summed E-state index contributed by atoms with van der Waals surface area (Å²) in [6.45, 7) is 5.60. The zero-order valence-corrected chi connectivity index (χ0v) is 11.8. The molecular formula is C13H20N4O3. The number of hydrogen-bond donors (Lipinski definition) is 1. The molecule has 1 aromatic heterocycles. The molecule has 1 aliphatic heterocycles. The summed E-state index contributed by atoms with van der Waals surface area (Å²) in [7, 11) is 0. The number of aryl methyl sites for hydroxylation is 1. The van der Waals surface area contributed by atoms with E-state index in [-0.39, 0.29) is 17.6 Å².